The lowest BCUT2D eigenvalue weighted by atomic mass is 9.77. The van der Waals surface area contributed by atoms with E-state index in [1.165, 1.54) is 0 Å². The van der Waals surface area contributed by atoms with Crippen molar-refractivity contribution in [2.45, 2.75) is 31.2 Å². The number of thiazole rings is 1. The molecule has 1 aliphatic heterocycles. The normalized spacial score (nSPS) is 19.6. The highest BCUT2D eigenvalue weighted by molar-refractivity contribution is 7.09. The highest BCUT2D eigenvalue weighted by Gasteiger charge is 2.45. The third kappa shape index (κ3) is 7.31. The Morgan fingerprint density at radius 1 is 1.00 bits per heavy atom. The molecule has 4 aromatic rings. The van der Waals surface area contributed by atoms with Crippen molar-refractivity contribution < 1.29 is 24.1 Å². The fourth-order valence-electron chi connectivity index (χ4n) is 5.76. The van der Waals surface area contributed by atoms with Gasteiger partial charge in [-0.1, -0.05) is 42.5 Å². The zero-order valence-corrected chi connectivity index (χ0v) is 26.5. The van der Waals surface area contributed by atoms with Crippen LogP contribution in [0.25, 0.3) is 12.2 Å². The SMILES string of the molecule is COCc1nc(/C=C/c2ccccc2OCC(O)CN2CCNC(c3ccc(OC)cc3)C2(C)c2ccc(OC)cc2)cs1. The Labute approximate surface area is 263 Å². The molecule has 232 valence electrons. The van der Waals surface area contributed by atoms with Crippen molar-refractivity contribution in [1.29, 1.82) is 0 Å². The number of ether oxygens (including phenoxy) is 4. The van der Waals surface area contributed by atoms with Crippen LogP contribution in [0.1, 0.15) is 40.4 Å². The molecule has 0 amide bonds. The topological polar surface area (TPSA) is 85.3 Å². The summed E-state index contributed by atoms with van der Waals surface area (Å²) in [6.07, 6.45) is 3.24. The quantitative estimate of drug-likeness (QED) is 0.196. The lowest BCUT2D eigenvalue weighted by Gasteiger charge is -2.51. The van der Waals surface area contributed by atoms with E-state index in [0.717, 1.165) is 52.0 Å². The number of nitrogens with zero attached hydrogens (tertiary/aromatic N) is 2. The summed E-state index contributed by atoms with van der Waals surface area (Å²) < 4.78 is 22.2. The number of hydrogen-bond acceptors (Lipinski definition) is 9. The van der Waals surface area contributed by atoms with Crippen LogP contribution in [0.5, 0.6) is 17.2 Å². The summed E-state index contributed by atoms with van der Waals surface area (Å²) >= 11 is 1.57. The Hall–Kier alpha value is -3.73. The summed E-state index contributed by atoms with van der Waals surface area (Å²) in [5, 5.41) is 18.0. The van der Waals surface area contributed by atoms with Crippen LogP contribution in [-0.4, -0.2) is 68.7 Å². The number of hydrogen-bond donors (Lipinski definition) is 2. The summed E-state index contributed by atoms with van der Waals surface area (Å²) in [7, 11) is 5.02. The average molecular weight is 616 g/mol. The predicted octanol–water partition coefficient (Wildman–Crippen LogP) is 5.78. The number of aliphatic hydroxyl groups excluding tert-OH is 1. The molecule has 8 nitrogen and oxygen atoms in total. The molecule has 5 rings (SSSR count). The van der Waals surface area contributed by atoms with E-state index in [4.69, 9.17) is 18.9 Å². The molecule has 3 unspecified atom stereocenters. The van der Waals surface area contributed by atoms with Gasteiger partial charge in [0.1, 0.15) is 35.0 Å². The molecule has 1 fully saturated rings. The molecule has 0 radical (unpaired) electrons. The molecule has 2 N–H and O–H groups in total. The molecule has 2 heterocycles. The molecule has 9 heteroatoms. The molecule has 0 bridgehead atoms. The Morgan fingerprint density at radius 3 is 2.41 bits per heavy atom. The number of aromatic nitrogens is 1. The van der Waals surface area contributed by atoms with Crippen LogP contribution in [-0.2, 0) is 16.9 Å². The van der Waals surface area contributed by atoms with Crippen LogP contribution in [0, 0.1) is 0 Å². The Morgan fingerprint density at radius 2 is 1.70 bits per heavy atom. The first-order valence-corrected chi connectivity index (χ1v) is 15.6. The average Bonchev–Trinajstić information content (AvgIpc) is 3.51. The third-order valence-corrected chi connectivity index (χ3v) is 8.97. The summed E-state index contributed by atoms with van der Waals surface area (Å²) in [5.74, 6) is 2.34. The lowest BCUT2D eigenvalue weighted by Crippen LogP contribution is -2.60. The molecule has 3 atom stereocenters. The number of rotatable bonds is 13. The fraction of sp³-hybridized carbons (Fsp3) is 0.343. The first kappa shape index (κ1) is 31.7. The van der Waals surface area contributed by atoms with Crippen molar-refractivity contribution in [2.75, 3.05) is 47.6 Å². The van der Waals surface area contributed by atoms with Gasteiger partial charge in [0.05, 0.1) is 38.1 Å². The maximum Gasteiger partial charge on any atom is 0.126 e. The number of methoxy groups -OCH3 is 3. The van der Waals surface area contributed by atoms with Crippen LogP contribution in [0.15, 0.2) is 78.2 Å². The van der Waals surface area contributed by atoms with Gasteiger partial charge in [-0.3, -0.25) is 4.90 Å². The second-order valence-corrected chi connectivity index (χ2v) is 11.9. The van der Waals surface area contributed by atoms with Crippen LogP contribution in [0.4, 0.5) is 0 Å². The van der Waals surface area contributed by atoms with Gasteiger partial charge >= 0.3 is 0 Å². The Kier molecular flexibility index (Phi) is 10.7. The summed E-state index contributed by atoms with van der Waals surface area (Å²) in [6.45, 7) is 4.89. The van der Waals surface area contributed by atoms with E-state index in [0.29, 0.717) is 18.9 Å². The van der Waals surface area contributed by atoms with Crippen molar-refractivity contribution in [3.63, 3.8) is 0 Å². The minimum Gasteiger partial charge on any atom is -0.497 e. The van der Waals surface area contributed by atoms with Crippen molar-refractivity contribution in [2.24, 2.45) is 0 Å². The van der Waals surface area contributed by atoms with Crippen LogP contribution < -0.4 is 19.5 Å². The van der Waals surface area contributed by atoms with Crippen molar-refractivity contribution in [3.05, 3.63) is 106 Å². The van der Waals surface area contributed by atoms with E-state index in [2.05, 4.69) is 46.4 Å². The van der Waals surface area contributed by atoms with Gasteiger partial charge in [-0.25, -0.2) is 4.98 Å². The summed E-state index contributed by atoms with van der Waals surface area (Å²) in [5.41, 5.74) is 3.61. The molecule has 1 aromatic heterocycles. The smallest absolute Gasteiger partial charge is 0.126 e. The molecule has 44 heavy (non-hydrogen) atoms. The zero-order valence-electron chi connectivity index (χ0n) is 25.7. The largest absolute Gasteiger partial charge is 0.497 e. The highest BCUT2D eigenvalue weighted by Crippen LogP contribution is 2.43. The van der Waals surface area contributed by atoms with Gasteiger partial charge in [0.15, 0.2) is 0 Å². The maximum absolute atomic E-state index is 11.3. The zero-order chi connectivity index (χ0) is 30.9. The van der Waals surface area contributed by atoms with Crippen molar-refractivity contribution in [1.82, 2.24) is 15.2 Å². The molecular weight excluding hydrogens is 574 g/mol. The van der Waals surface area contributed by atoms with E-state index in [1.807, 2.05) is 66.1 Å². The van der Waals surface area contributed by atoms with E-state index in [-0.39, 0.29) is 12.6 Å². The van der Waals surface area contributed by atoms with Crippen LogP contribution >= 0.6 is 11.3 Å². The fourth-order valence-corrected chi connectivity index (χ4v) is 6.50. The van der Waals surface area contributed by atoms with Gasteiger partial charge in [0.25, 0.3) is 0 Å². The Bertz CT molecular complexity index is 1510. The molecule has 1 aliphatic rings. The summed E-state index contributed by atoms with van der Waals surface area (Å²) in [6, 6.07) is 24.2. The van der Waals surface area contributed by atoms with E-state index >= 15 is 0 Å². The summed E-state index contributed by atoms with van der Waals surface area (Å²) in [4.78, 5) is 6.93. The van der Waals surface area contributed by atoms with Gasteiger partial charge in [0.2, 0.25) is 0 Å². The molecule has 0 saturated carbocycles. The van der Waals surface area contributed by atoms with Crippen LogP contribution in [0.2, 0.25) is 0 Å². The van der Waals surface area contributed by atoms with E-state index < -0.39 is 11.6 Å². The predicted molar refractivity (Wildman–Crippen MR) is 175 cm³/mol. The number of β-amino-alcohol motifs (C(OH)–C–C–N with tert-alkyl or cyclic N) is 1. The van der Waals surface area contributed by atoms with E-state index in [1.54, 1.807) is 32.7 Å². The third-order valence-electron chi connectivity index (χ3n) is 8.13. The maximum atomic E-state index is 11.3. The number of nitrogens with one attached hydrogen (secondary N) is 1. The number of aliphatic hydroxyl groups is 1. The number of benzene rings is 3. The standard InChI is InChI=1S/C35H41N3O5S/c1-35(27-12-17-31(42-4)18-13-27)34(26-10-15-30(41-3)16-11-26)36-19-20-38(35)21-29(39)22-43-32-8-6-5-7-25(32)9-14-28-24-44-33(37-28)23-40-2/h5-18,24,29,34,36,39H,19-23H2,1-4H3/b14-9+. The molecule has 3 aromatic carbocycles. The lowest BCUT2D eigenvalue weighted by molar-refractivity contribution is -0.0178. The molecule has 0 aliphatic carbocycles. The van der Waals surface area contributed by atoms with Gasteiger partial charge in [-0.15, -0.1) is 11.3 Å². The molecule has 0 spiro atoms. The highest BCUT2D eigenvalue weighted by atomic mass is 32.1. The van der Waals surface area contributed by atoms with E-state index in [9.17, 15) is 5.11 Å². The van der Waals surface area contributed by atoms with Gasteiger partial charge in [0, 0.05) is 37.7 Å². The second kappa shape index (κ2) is 14.8. The molecule has 1 saturated heterocycles. The monoisotopic (exact) mass is 615 g/mol. The van der Waals surface area contributed by atoms with Gasteiger partial charge in [-0.2, -0.15) is 0 Å². The van der Waals surface area contributed by atoms with Crippen molar-refractivity contribution >= 4 is 23.5 Å². The second-order valence-electron chi connectivity index (χ2n) is 10.9. The number of para-hydroxylation sites is 1. The first-order chi connectivity index (χ1) is 21.4. The van der Waals surface area contributed by atoms with Gasteiger partial charge < -0.3 is 29.4 Å². The van der Waals surface area contributed by atoms with Crippen LogP contribution in [0.3, 0.4) is 0 Å². The first-order valence-electron chi connectivity index (χ1n) is 14.7. The minimum absolute atomic E-state index is 0.0235. The Balaban J connectivity index is 1.32. The number of piperazine rings is 1. The molecular formula is C35H41N3O5S. The minimum atomic E-state index is -0.714. The van der Waals surface area contributed by atoms with Gasteiger partial charge in [-0.05, 0) is 60.5 Å². The van der Waals surface area contributed by atoms with Crippen molar-refractivity contribution in [3.8, 4) is 17.2 Å².